The summed E-state index contributed by atoms with van der Waals surface area (Å²) in [6.45, 7) is 3.45. The van der Waals surface area contributed by atoms with Gasteiger partial charge in [0.05, 0.1) is 20.2 Å². The number of nitrogens with one attached hydrogen (secondary N) is 1. The smallest absolute Gasteiger partial charge is 0.234 e. The van der Waals surface area contributed by atoms with Gasteiger partial charge in [-0.05, 0) is 68.1 Å². The third kappa shape index (κ3) is 6.57. The summed E-state index contributed by atoms with van der Waals surface area (Å²) in [6.07, 6.45) is 3.37. The normalized spacial score (nSPS) is 15.2. The number of rotatable bonds is 9. The van der Waals surface area contributed by atoms with Crippen molar-refractivity contribution in [3.05, 3.63) is 60.2 Å². The van der Waals surface area contributed by atoms with Gasteiger partial charge in [0.25, 0.3) is 0 Å². The molecule has 1 heterocycles. The van der Waals surface area contributed by atoms with E-state index in [0.29, 0.717) is 25.6 Å². The van der Waals surface area contributed by atoms with E-state index in [1.54, 1.807) is 7.11 Å². The van der Waals surface area contributed by atoms with Crippen LogP contribution in [0.25, 0.3) is 0 Å². The molecule has 1 N–H and O–H groups in total. The van der Waals surface area contributed by atoms with E-state index in [1.165, 1.54) is 5.56 Å². The first-order valence-electron chi connectivity index (χ1n) is 10.0. The zero-order valence-electron chi connectivity index (χ0n) is 16.6. The number of methoxy groups -OCH3 is 1. The lowest BCUT2D eigenvalue weighted by atomic mass is 9.90. The molecule has 0 saturated carbocycles. The van der Waals surface area contributed by atoms with Crippen LogP contribution in [0.3, 0.4) is 0 Å². The highest BCUT2D eigenvalue weighted by Gasteiger charge is 2.21. The SMILES string of the molecule is COc1ccc(CC2CCN(CC(=O)NCCOc3ccccc3)CC2)cc1. The summed E-state index contributed by atoms with van der Waals surface area (Å²) in [5.41, 5.74) is 1.36. The van der Waals surface area contributed by atoms with Crippen LogP contribution >= 0.6 is 0 Å². The maximum absolute atomic E-state index is 12.1. The maximum atomic E-state index is 12.1. The standard InChI is InChI=1S/C23H30N2O3/c1-27-21-9-7-19(8-10-21)17-20-11-14-25(15-12-20)18-23(26)24-13-16-28-22-5-3-2-4-6-22/h2-10,20H,11-18H2,1H3,(H,24,26). The zero-order valence-corrected chi connectivity index (χ0v) is 16.6. The van der Waals surface area contributed by atoms with Gasteiger partial charge in [-0.2, -0.15) is 0 Å². The number of nitrogens with zero attached hydrogens (tertiary/aromatic N) is 1. The highest BCUT2D eigenvalue weighted by molar-refractivity contribution is 5.78. The van der Waals surface area contributed by atoms with E-state index < -0.39 is 0 Å². The van der Waals surface area contributed by atoms with Crippen molar-refractivity contribution in [2.24, 2.45) is 5.92 Å². The fourth-order valence-corrected chi connectivity index (χ4v) is 3.58. The molecule has 2 aromatic rings. The second kappa shape index (κ2) is 10.7. The molecule has 0 spiro atoms. The van der Waals surface area contributed by atoms with Crippen molar-refractivity contribution in [3.63, 3.8) is 0 Å². The van der Waals surface area contributed by atoms with E-state index in [1.807, 2.05) is 42.5 Å². The van der Waals surface area contributed by atoms with Crippen molar-refractivity contribution >= 4 is 5.91 Å². The topological polar surface area (TPSA) is 50.8 Å². The van der Waals surface area contributed by atoms with Crippen LogP contribution in [0.15, 0.2) is 54.6 Å². The lowest BCUT2D eigenvalue weighted by Crippen LogP contribution is -2.42. The van der Waals surface area contributed by atoms with Gasteiger partial charge in [0.2, 0.25) is 5.91 Å². The summed E-state index contributed by atoms with van der Waals surface area (Å²) in [5, 5.41) is 2.94. The molecule has 0 aliphatic carbocycles. The molecule has 1 aliphatic heterocycles. The first-order valence-corrected chi connectivity index (χ1v) is 10.0. The van der Waals surface area contributed by atoms with Gasteiger partial charge in [-0.1, -0.05) is 30.3 Å². The molecule has 1 fully saturated rings. The lowest BCUT2D eigenvalue weighted by Gasteiger charge is -2.31. The van der Waals surface area contributed by atoms with Crippen molar-refractivity contribution in [1.29, 1.82) is 0 Å². The maximum Gasteiger partial charge on any atom is 0.234 e. The van der Waals surface area contributed by atoms with E-state index in [0.717, 1.165) is 43.9 Å². The van der Waals surface area contributed by atoms with Crippen LogP contribution in [0.5, 0.6) is 11.5 Å². The number of hydrogen-bond donors (Lipinski definition) is 1. The van der Waals surface area contributed by atoms with Gasteiger partial charge >= 0.3 is 0 Å². The third-order valence-corrected chi connectivity index (χ3v) is 5.19. The van der Waals surface area contributed by atoms with E-state index in [2.05, 4.69) is 22.3 Å². The van der Waals surface area contributed by atoms with Crippen molar-refractivity contribution in [2.45, 2.75) is 19.3 Å². The minimum absolute atomic E-state index is 0.0743. The molecule has 0 bridgehead atoms. The quantitative estimate of drug-likeness (QED) is 0.677. The Morgan fingerprint density at radius 1 is 1.04 bits per heavy atom. The summed E-state index contributed by atoms with van der Waals surface area (Å²) in [4.78, 5) is 14.4. The Bertz CT molecular complexity index is 710. The molecule has 28 heavy (non-hydrogen) atoms. The summed E-state index contributed by atoms with van der Waals surface area (Å²) in [7, 11) is 1.69. The number of carbonyl (C=O) groups is 1. The van der Waals surface area contributed by atoms with Crippen LogP contribution < -0.4 is 14.8 Å². The largest absolute Gasteiger partial charge is 0.497 e. The van der Waals surface area contributed by atoms with Crippen LogP contribution in [0, 0.1) is 5.92 Å². The molecule has 1 amide bonds. The highest BCUT2D eigenvalue weighted by Crippen LogP contribution is 2.22. The Hall–Kier alpha value is -2.53. The number of amides is 1. The number of carbonyl (C=O) groups excluding carboxylic acids is 1. The average molecular weight is 383 g/mol. The van der Waals surface area contributed by atoms with Gasteiger partial charge in [0, 0.05) is 0 Å². The minimum Gasteiger partial charge on any atom is -0.497 e. The van der Waals surface area contributed by atoms with E-state index >= 15 is 0 Å². The summed E-state index contributed by atoms with van der Waals surface area (Å²) >= 11 is 0. The molecular weight excluding hydrogens is 352 g/mol. The monoisotopic (exact) mass is 382 g/mol. The van der Waals surface area contributed by atoms with Crippen LogP contribution in [0.2, 0.25) is 0 Å². The average Bonchev–Trinajstić information content (AvgIpc) is 2.74. The number of para-hydroxylation sites is 1. The Kier molecular flexibility index (Phi) is 7.73. The van der Waals surface area contributed by atoms with Crippen LogP contribution in [-0.4, -0.2) is 50.7 Å². The van der Waals surface area contributed by atoms with Crippen molar-refractivity contribution in [1.82, 2.24) is 10.2 Å². The van der Waals surface area contributed by atoms with Gasteiger partial charge in [0.1, 0.15) is 18.1 Å². The predicted molar refractivity (Wildman–Crippen MR) is 111 cm³/mol. The molecule has 0 radical (unpaired) electrons. The van der Waals surface area contributed by atoms with Gasteiger partial charge < -0.3 is 14.8 Å². The molecule has 1 aliphatic rings. The van der Waals surface area contributed by atoms with E-state index in [-0.39, 0.29) is 5.91 Å². The van der Waals surface area contributed by atoms with Crippen molar-refractivity contribution in [3.8, 4) is 11.5 Å². The summed E-state index contributed by atoms with van der Waals surface area (Å²) < 4.78 is 10.8. The van der Waals surface area contributed by atoms with E-state index in [9.17, 15) is 4.79 Å². The van der Waals surface area contributed by atoms with Crippen LogP contribution in [-0.2, 0) is 11.2 Å². The Morgan fingerprint density at radius 2 is 1.75 bits per heavy atom. The molecule has 3 rings (SSSR count). The predicted octanol–water partition coefficient (Wildman–Crippen LogP) is 3.14. The molecule has 5 heteroatoms. The summed E-state index contributed by atoms with van der Waals surface area (Å²) in [6, 6.07) is 18.0. The van der Waals surface area contributed by atoms with Crippen LogP contribution in [0.4, 0.5) is 0 Å². The molecule has 5 nitrogen and oxygen atoms in total. The number of piperidine rings is 1. The van der Waals surface area contributed by atoms with Gasteiger partial charge in [-0.25, -0.2) is 0 Å². The molecule has 150 valence electrons. The minimum atomic E-state index is 0.0743. The van der Waals surface area contributed by atoms with Crippen molar-refractivity contribution in [2.75, 3.05) is 39.9 Å². The second-order valence-electron chi connectivity index (χ2n) is 7.28. The molecule has 2 aromatic carbocycles. The number of likely N-dealkylation sites (tertiary alicyclic amines) is 1. The fourth-order valence-electron chi connectivity index (χ4n) is 3.58. The number of hydrogen-bond acceptors (Lipinski definition) is 4. The number of benzene rings is 2. The molecule has 1 saturated heterocycles. The van der Waals surface area contributed by atoms with Gasteiger partial charge in [-0.15, -0.1) is 0 Å². The zero-order chi connectivity index (χ0) is 19.6. The van der Waals surface area contributed by atoms with Crippen molar-refractivity contribution < 1.29 is 14.3 Å². The van der Waals surface area contributed by atoms with Crippen LogP contribution in [0.1, 0.15) is 18.4 Å². The van der Waals surface area contributed by atoms with E-state index in [4.69, 9.17) is 9.47 Å². The van der Waals surface area contributed by atoms with Gasteiger partial charge in [0.15, 0.2) is 0 Å². The second-order valence-corrected chi connectivity index (χ2v) is 7.28. The fraction of sp³-hybridized carbons (Fsp3) is 0.435. The first kappa shape index (κ1) is 20.2. The molecular formula is C23H30N2O3. The third-order valence-electron chi connectivity index (χ3n) is 5.19. The summed E-state index contributed by atoms with van der Waals surface area (Å²) in [5.74, 6) is 2.49. The Balaban J connectivity index is 1.29. The molecule has 0 unspecified atom stereocenters. The lowest BCUT2D eigenvalue weighted by molar-refractivity contribution is -0.122. The number of ether oxygens (including phenoxy) is 2. The Labute approximate surface area is 167 Å². The first-order chi connectivity index (χ1) is 13.7. The highest BCUT2D eigenvalue weighted by atomic mass is 16.5. The molecule has 0 aromatic heterocycles. The Morgan fingerprint density at radius 3 is 2.43 bits per heavy atom. The van der Waals surface area contributed by atoms with Gasteiger partial charge in [-0.3, -0.25) is 9.69 Å². The molecule has 0 atom stereocenters.